The molecule has 0 radical (unpaired) electrons. The van der Waals surface area contributed by atoms with Gasteiger partial charge in [-0.25, -0.2) is 0 Å². The third-order valence-corrected chi connectivity index (χ3v) is 3.47. The Labute approximate surface area is 91.4 Å². The summed E-state index contributed by atoms with van der Waals surface area (Å²) in [5.74, 6) is 0.0764. The van der Waals surface area contributed by atoms with Crippen molar-refractivity contribution in [1.82, 2.24) is 15.5 Å². The molecule has 1 aliphatic carbocycles. The molecule has 0 bridgehead atoms. The number of carbonyl (C=O) groups excluding carboxylic acids is 1. The van der Waals surface area contributed by atoms with E-state index in [9.17, 15) is 4.79 Å². The third-order valence-electron chi connectivity index (χ3n) is 3.47. The molecule has 0 spiro atoms. The Morgan fingerprint density at radius 2 is 2.20 bits per heavy atom. The van der Waals surface area contributed by atoms with Crippen LogP contribution >= 0.6 is 0 Å². The summed E-state index contributed by atoms with van der Waals surface area (Å²) in [6.45, 7) is 3.86. The molecule has 0 aromatic carbocycles. The lowest BCUT2D eigenvalue weighted by atomic mass is 10.2. The maximum atomic E-state index is 11.1. The number of likely N-dealkylation sites (tertiary alicyclic amines) is 1. The minimum Gasteiger partial charge on any atom is -0.358 e. The topological polar surface area (TPSA) is 44.4 Å². The first-order chi connectivity index (χ1) is 7.20. The van der Waals surface area contributed by atoms with Crippen molar-refractivity contribution in [3.05, 3.63) is 0 Å². The number of likely N-dealkylation sites (N-methyl/N-ethyl adjacent to an activating group) is 1. The van der Waals surface area contributed by atoms with Crippen molar-refractivity contribution in [1.29, 1.82) is 0 Å². The van der Waals surface area contributed by atoms with E-state index in [1.54, 1.807) is 7.05 Å². The van der Waals surface area contributed by atoms with Gasteiger partial charge in [0.05, 0.1) is 6.54 Å². The first-order valence-corrected chi connectivity index (χ1v) is 5.90. The predicted molar refractivity (Wildman–Crippen MR) is 59.7 cm³/mol. The molecule has 86 valence electrons. The van der Waals surface area contributed by atoms with E-state index in [0.29, 0.717) is 18.6 Å². The molecule has 2 N–H and O–H groups in total. The summed E-state index contributed by atoms with van der Waals surface area (Å²) in [4.78, 5) is 13.7. The van der Waals surface area contributed by atoms with Crippen molar-refractivity contribution >= 4 is 5.91 Å². The van der Waals surface area contributed by atoms with Crippen LogP contribution in [0.2, 0.25) is 0 Å². The van der Waals surface area contributed by atoms with Gasteiger partial charge in [0.1, 0.15) is 0 Å². The molecule has 1 saturated heterocycles. The van der Waals surface area contributed by atoms with E-state index >= 15 is 0 Å². The molecule has 0 aromatic heterocycles. The Balaban J connectivity index is 1.73. The van der Waals surface area contributed by atoms with Crippen molar-refractivity contribution in [3.8, 4) is 0 Å². The van der Waals surface area contributed by atoms with Crippen LogP contribution in [0.3, 0.4) is 0 Å². The molecular weight excluding hydrogens is 190 g/mol. The highest BCUT2D eigenvalue weighted by molar-refractivity contribution is 5.77. The van der Waals surface area contributed by atoms with Crippen molar-refractivity contribution in [3.63, 3.8) is 0 Å². The van der Waals surface area contributed by atoms with Gasteiger partial charge in [-0.1, -0.05) is 0 Å². The van der Waals surface area contributed by atoms with Crippen molar-refractivity contribution < 1.29 is 4.79 Å². The Morgan fingerprint density at radius 1 is 1.47 bits per heavy atom. The van der Waals surface area contributed by atoms with E-state index in [0.717, 1.165) is 12.6 Å². The first-order valence-electron chi connectivity index (χ1n) is 5.90. The fourth-order valence-electron chi connectivity index (χ4n) is 2.44. The molecule has 2 aliphatic rings. The SMILES string of the molecule is CNC(=O)CNC1CC(C)N(C2CC2)C1. The van der Waals surface area contributed by atoms with Crippen molar-refractivity contribution in [2.75, 3.05) is 20.1 Å². The van der Waals surface area contributed by atoms with Crippen LogP contribution in [0.25, 0.3) is 0 Å². The average molecular weight is 211 g/mol. The van der Waals surface area contributed by atoms with E-state index in [2.05, 4.69) is 22.5 Å². The zero-order valence-electron chi connectivity index (χ0n) is 9.62. The second-order valence-corrected chi connectivity index (χ2v) is 4.76. The zero-order valence-corrected chi connectivity index (χ0v) is 9.62. The van der Waals surface area contributed by atoms with Gasteiger partial charge < -0.3 is 10.6 Å². The molecule has 2 fully saturated rings. The summed E-state index contributed by atoms with van der Waals surface area (Å²) in [7, 11) is 1.68. The molecule has 4 nitrogen and oxygen atoms in total. The molecule has 0 aromatic rings. The van der Waals surface area contributed by atoms with Crippen LogP contribution in [0, 0.1) is 0 Å². The van der Waals surface area contributed by atoms with E-state index in [1.807, 2.05) is 0 Å². The number of nitrogens with zero attached hydrogens (tertiary/aromatic N) is 1. The van der Waals surface area contributed by atoms with Crippen molar-refractivity contribution in [2.24, 2.45) is 0 Å². The summed E-state index contributed by atoms with van der Waals surface area (Å²) in [6.07, 6.45) is 3.91. The zero-order chi connectivity index (χ0) is 10.8. The van der Waals surface area contributed by atoms with Gasteiger partial charge in [-0.3, -0.25) is 9.69 Å². The quantitative estimate of drug-likeness (QED) is 0.685. The summed E-state index contributed by atoms with van der Waals surface area (Å²) in [6, 6.07) is 2.02. The van der Waals surface area contributed by atoms with Crippen LogP contribution in [0.5, 0.6) is 0 Å². The normalized spacial score (nSPS) is 31.9. The minimum absolute atomic E-state index is 0.0764. The van der Waals surface area contributed by atoms with Gasteiger partial charge in [0.15, 0.2) is 0 Å². The molecule has 15 heavy (non-hydrogen) atoms. The highest BCUT2D eigenvalue weighted by Gasteiger charge is 2.38. The van der Waals surface area contributed by atoms with E-state index < -0.39 is 0 Å². The van der Waals surface area contributed by atoms with Gasteiger partial charge in [-0.05, 0) is 26.2 Å². The fraction of sp³-hybridized carbons (Fsp3) is 0.909. The summed E-state index contributed by atoms with van der Waals surface area (Å²) >= 11 is 0. The van der Waals surface area contributed by atoms with Gasteiger partial charge >= 0.3 is 0 Å². The third kappa shape index (κ3) is 2.69. The number of rotatable bonds is 4. The average Bonchev–Trinajstić information content (AvgIpc) is 3.00. The monoisotopic (exact) mass is 211 g/mol. The van der Waals surface area contributed by atoms with Crippen LogP contribution in [-0.4, -0.2) is 49.1 Å². The molecule has 1 saturated carbocycles. The lowest BCUT2D eigenvalue weighted by Crippen LogP contribution is -2.39. The molecule has 2 unspecified atom stereocenters. The number of hydrogen-bond donors (Lipinski definition) is 2. The molecule has 1 aliphatic heterocycles. The van der Waals surface area contributed by atoms with Gasteiger partial charge in [0.25, 0.3) is 0 Å². The van der Waals surface area contributed by atoms with Gasteiger partial charge in [0, 0.05) is 31.7 Å². The highest BCUT2D eigenvalue weighted by Crippen LogP contribution is 2.33. The van der Waals surface area contributed by atoms with Gasteiger partial charge in [-0.15, -0.1) is 0 Å². The number of nitrogens with one attached hydrogen (secondary N) is 2. The summed E-state index contributed by atoms with van der Waals surface area (Å²) < 4.78 is 0. The number of carbonyl (C=O) groups is 1. The lowest BCUT2D eigenvalue weighted by Gasteiger charge is -2.19. The highest BCUT2D eigenvalue weighted by atomic mass is 16.1. The first kappa shape index (κ1) is 10.9. The Kier molecular flexibility index (Phi) is 3.26. The maximum absolute atomic E-state index is 11.1. The van der Waals surface area contributed by atoms with Gasteiger partial charge in [0.2, 0.25) is 5.91 Å². The Hall–Kier alpha value is -0.610. The molecule has 2 atom stereocenters. The van der Waals surface area contributed by atoms with Crippen LogP contribution in [0.1, 0.15) is 26.2 Å². The Morgan fingerprint density at radius 3 is 2.80 bits per heavy atom. The standard InChI is InChI=1S/C11H21N3O/c1-8-5-9(13-6-11(15)12-2)7-14(8)10-3-4-10/h8-10,13H,3-7H2,1-2H3,(H,12,15). The molecule has 1 amide bonds. The number of hydrogen-bond acceptors (Lipinski definition) is 3. The second-order valence-electron chi connectivity index (χ2n) is 4.76. The fourth-order valence-corrected chi connectivity index (χ4v) is 2.44. The van der Waals surface area contributed by atoms with E-state index in [-0.39, 0.29) is 5.91 Å². The molecule has 2 rings (SSSR count). The van der Waals surface area contributed by atoms with Crippen LogP contribution in [0.15, 0.2) is 0 Å². The molecule has 1 heterocycles. The Bertz CT molecular complexity index is 240. The smallest absolute Gasteiger partial charge is 0.233 e. The van der Waals surface area contributed by atoms with Crippen LogP contribution in [0.4, 0.5) is 0 Å². The molecular formula is C11H21N3O. The second kappa shape index (κ2) is 4.49. The maximum Gasteiger partial charge on any atom is 0.233 e. The van der Waals surface area contributed by atoms with E-state index in [1.165, 1.54) is 19.3 Å². The summed E-state index contributed by atoms with van der Waals surface area (Å²) in [5.41, 5.74) is 0. The van der Waals surface area contributed by atoms with Crippen LogP contribution in [-0.2, 0) is 4.79 Å². The van der Waals surface area contributed by atoms with Crippen molar-refractivity contribution in [2.45, 2.75) is 44.3 Å². The van der Waals surface area contributed by atoms with Gasteiger partial charge in [-0.2, -0.15) is 0 Å². The lowest BCUT2D eigenvalue weighted by molar-refractivity contribution is -0.119. The minimum atomic E-state index is 0.0764. The van der Waals surface area contributed by atoms with Crippen LogP contribution < -0.4 is 10.6 Å². The summed E-state index contributed by atoms with van der Waals surface area (Å²) in [5, 5.41) is 5.95. The number of amides is 1. The van der Waals surface area contributed by atoms with E-state index in [4.69, 9.17) is 0 Å². The predicted octanol–water partition coefficient (Wildman–Crippen LogP) is -0.0528. The largest absolute Gasteiger partial charge is 0.358 e. The molecule has 4 heteroatoms.